The van der Waals surface area contributed by atoms with Crippen LogP contribution in [0.2, 0.25) is 0 Å². The molecular formula is C19H17N5. The third-order valence-electron chi connectivity index (χ3n) is 3.99. The van der Waals surface area contributed by atoms with E-state index in [9.17, 15) is 0 Å². The summed E-state index contributed by atoms with van der Waals surface area (Å²) in [6.45, 7) is 2.73. The van der Waals surface area contributed by atoms with Crippen LogP contribution in [0, 0.1) is 6.92 Å². The second-order valence-corrected chi connectivity index (χ2v) is 5.67. The highest BCUT2D eigenvalue weighted by Crippen LogP contribution is 2.29. The molecule has 0 amide bonds. The van der Waals surface area contributed by atoms with Crippen molar-refractivity contribution in [2.24, 2.45) is 0 Å². The van der Waals surface area contributed by atoms with E-state index >= 15 is 0 Å². The summed E-state index contributed by atoms with van der Waals surface area (Å²) in [5, 5.41) is 12.8. The van der Waals surface area contributed by atoms with Gasteiger partial charge < -0.3 is 10.3 Å². The van der Waals surface area contributed by atoms with Gasteiger partial charge in [-0.3, -0.25) is 0 Å². The van der Waals surface area contributed by atoms with Crippen LogP contribution in [0.5, 0.6) is 0 Å². The summed E-state index contributed by atoms with van der Waals surface area (Å²) in [6, 6.07) is 18.4. The van der Waals surface area contributed by atoms with Crippen molar-refractivity contribution in [1.82, 2.24) is 20.2 Å². The van der Waals surface area contributed by atoms with Gasteiger partial charge in [-0.15, -0.1) is 5.10 Å². The Bertz CT molecular complexity index is 975. The fourth-order valence-electron chi connectivity index (χ4n) is 2.85. The maximum Gasteiger partial charge on any atom is 0.186 e. The number of nitrogens with one attached hydrogen (secondary N) is 2. The number of hydrogen-bond acceptors (Lipinski definition) is 4. The van der Waals surface area contributed by atoms with Gasteiger partial charge in [-0.2, -0.15) is 5.10 Å². The number of hydrogen-bond donors (Lipinski definition) is 2. The molecule has 2 N–H and O–H groups in total. The largest absolute Gasteiger partial charge is 0.365 e. The van der Waals surface area contributed by atoms with Crippen LogP contribution in [0.25, 0.3) is 22.3 Å². The normalized spacial score (nSPS) is 10.9. The van der Waals surface area contributed by atoms with Gasteiger partial charge in [-0.05, 0) is 18.6 Å². The average Bonchev–Trinajstić information content (AvgIpc) is 2.97. The molecule has 2 heterocycles. The number of fused-ring (bicyclic) bond motifs is 1. The van der Waals surface area contributed by atoms with Gasteiger partial charge in [0.1, 0.15) is 5.82 Å². The lowest BCUT2D eigenvalue weighted by Gasteiger charge is -2.06. The highest BCUT2D eigenvalue weighted by Gasteiger charge is 2.13. The number of aryl methyl sites for hydroxylation is 1. The Hall–Kier alpha value is -3.21. The third kappa shape index (κ3) is 2.72. The van der Waals surface area contributed by atoms with Crippen LogP contribution in [-0.4, -0.2) is 20.2 Å². The Morgan fingerprint density at radius 3 is 2.67 bits per heavy atom. The SMILES string of the molecule is Cc1[nH]c2ccccc2c1-c1nncc(NCc2ccccc2)n1. The number of anilines is 1. The van der Waals surface area contributed by atoms with Gasteiger partial charge in [0, 0.05) is 28.7 Å². The van der Waals surface area contributed by atoms with E-state index in [2.05, 4.69) is 49.7 Å². The monoisotopic (exact) mass is 315 g/mol. The summed E-state index contributed by atoms with van der Waals surface area (Å²) in [5.41, 5.74) is 4.32. The van der Waals surface area contributed by atoms with Gasteiger partial charge in [-0.1, -0.05) is 48.5 Å². The maximum atomic E-state index is 4.64. The first kappa shape index (κ1) is 14.4. The molecule has 0 atom stereocenters. The van der Waals surface area contributed by atoms with Crippen LogP contribution in [0.3, 0.4) is 0 Å². The molecular weight excluding hydrogens is 298 g/mol. The molecule has 0 aliphatic heterocycles. The highest BCUT2D eigenvalue weighted by atomic mass is 15.2. The molecule has 0 saturated heterocycles. The molecule has 2 aromatic heterocycles. The molecule has 0 radical (unpaired) electrons. The molecule has 0 spiro atoms. The second-order valence-electron chi connectivity index (χ2n) is 5.67. The Kier molecular flexibility index (Phi) is 3.67. The number of H-pyrrole nitrogens is 1. The van der Waals surface area contributed by atoms with E-state index in [1.54, 1.807) is 6.20 Å². The molecule has 0 aliphatic rings. The smallest absolute Gasteiger partial charge is 0.186 e. The van der Waals surface area contributed by atoms with E-state index in [0.717, 1.165) is 22.2 Å². The summed E-state index contributed by atoms with van der Waals surface area (Å²) < 4.78 is 0. The first-order chi connectivity index (χ1) is 11.8. The molecule has 0 unspecified atom stereocenters. The Morgan fingerprint density at radius 2 is 1.79 bits per heavy atom. The standard InChI is InChI=1S/C19H17N5/c1-13-18(15-9-5-6-10-16(15)22-13)19-23-17(12-21-24-19)20-11-14-7-3-2-4-8-14/h2-10,12,22H,11H2,1H3,(H,20,23,24). The summed E-state index contributed by atoms with van der Waals surface area (Å²) in [7, 11) is 0. The molecule has 0 fully saturated rings. The van der Waals surface area contributed by atoms with Crippen LogP contribution in [0.4, 0.5) is 5.82 Å². The van der Waals surface area contributed by atoms with E-state index in [0.29, 0.717) is 18.2 Å². The fraction of sp³-hybridized carbons (Fsp3) is 0.105. The van der Waals surface area contributed by atoms with Gasteiger partial charge in [0.05, 0.1) is 6.20 Å². The average molecular weight is 315 g/mol. The number of rotatable bonds is 4. The van der Waals surface area contributed by atoms with Crippen molar-refractivity contribution in [1.29, 1.82) is 0 Å². The van der Waals surface area contributed by atoms with Crippen molar-refractivity contribution in [3.8, 4) is 11.4 Å². The van der Waals surface area contributed by atoms with Crippen LogP contribution in [-0.2, 0) is 6.54 Å². The Morgan fingerprint density at radius 1 is 1.00 bits per heavy atom. The molecule has 0 saturated carbocycles. The summed E-state index contributed by atoms with van der Waals surface area (Å²) in [4.78, 5) is 8.01. The fourth-order valence-corrected chi connectivity index (χ4v) is 2.85. The van der Waals surface area contributed by atoms with E-state index in [-0.39, 0.29) is 0 Å². The van der Waals surface area contributed by atoms with Crippen molar-refractivity contribution in [2.75, 3.05) is 5.32 Å². The quantitative estimate of drug-likeness (QED) is 0.598. The first-order valence-corrected chi connectivity index (χ1v) is 7.86. The predicted molar refractivity (Wildman–Crippen MR) is 95.6 cm³/mol. The van der Waals surface area contributed by atoms with E-state index in [4.69, 9.17) is 0 Å². The molecule has 118 valence electrons. The van der Waals surface area contributed by atoms with Gasteiger partial charge in [0.2, 0.25) is 0 Å². The third-order valence-corrected chi connectivity index (χ3v) is 3.99. The lowest BCUT2D eigenvalue weighted by molar-refractivity contribution is 0.966. The summed E-state index contributed by atoms with van der Waals surface area (Å²) in [5.74, 6) is 1.34. The van der Waals surface area contributed by atoms with Crippen LogP contribution in [0.15, 0.2) is 60.8 Å². The molecule has 0 aliphatic carbocycles. The lowest BCUT2D eigenvalue weighted by atomic mass is 10.1. The minimum absolute atomic E-state index is 0.628. The molecule has 5 nitrogen and oxygen atoms in total. The first-order valence-electron chi connectivity index (χ1n) is 7.86. The highest BCUT2D eigenvalue weighted by molar-refractivity contribution is 5.95. The number of para-hydroxylation sites is 1. The molecule has 0 bridgehead atoms. The topological polar surface area (TPSA) is 66.5 Å². The predicted octanol–water partition coefficient (Wildman–Crippen LogP) is 3.94. The van der Waals surface area contributed by atoms with Crippen molar-refractivity contribution in [2.45, 2.75) is 13.5 Å². The maximum absolute atomic E-state index is 4.64. The van der Waals surface area contributed by atoms with Crippen LogP contribution < -0.4 is 5.32 Å². The van der Waals surface area contributed by atoms with Gasteiger partial charge in [0.25, 0.3) is 0 Å². The molecule has 4 rings (SSSR count). The summed E-state index contributed by atoms with van der Waals surface area (Å²) >= 11 is 0. The van der Waals surface area contributed by atoms with E-state index in [1.807, 2.05) is 37.3 Å². The number of aromatic nitrogens is 4. The van der Waals surface area contributed by atoms with Crippen molar-refractivity contribution in [3.05, 3.63) is 72.1 Å². The van der Waals surface area contributed by atoms with E-state index in [1.165, 1.54) is 5.56 Å². The van der Waals surface area contributed by atoms with Gasteiger partial charge >= 0.3 is 0 Å². The van der Waals surface area contributed by atoms with Gasteiger partial charge in [0.15, 0.2) is 5.82 Å². The number of aromatic amines is 1. The van der Waals surface area contributed by atoms with Crippen molar-refractivity contribution < 1.29 is 0 Å². The summed E-state index contributed by atoms with van der Waals surface area (Å²) in [6.07, 6.45) is 1.65. The van der Waals surface area contributed by atoms with Crippen LogP contribution in [0.1, 0.15) is 11.3 Å². The molecule has 5 heteroatoms. The zero-order valence-electron chi connectivity index (χ0n) is 13.3. The van der Waals surface area contributed by atoms with Gasteiger partial charge in [-0.25, -0.2) is 4.98 Å². The second kappa shape index (κ2) is 6.12. The number of benzene rings is 2. The zero-order chi connectivity index (χ0) is 16.4. The number of nitrogens with zero attached hydrogens (tertiary/aromatic N) is 3. The van der Waals surface area contributed by atoms with E-state index < -0.39 is 0 Å². The molecule has 24 heavy (non-hydrogen) atoms. The minimum Gasteiger partial charge on any atom is -0.365 e. The van der Waals surface area contributed by atoms with Crippen molar-refractivity contribution >= 4 is 16.7 Å². The minimum atomic E-state index is 0.628. The molecule has 4 aromatic rings. The zero-order valence-corrected chi connectivity index (χ0v) is 13.3. The lowest BCUT2D eigenvalue weighted by Crippen LogP contribution is -2.04. The Labute approximate surface area is 139 Å². The van der Waals surface area contributed by atoms with Crippen LogP contribution >= 0.6 is 0 Å². The molecule has 2 aromatic carbocycles. The Balaban J connectivity index is 1.66. The van der Waals surface area contributed by atoms with Crippen molar-refractivity contribution in [3.63, 3.8) is 0 Å².